The van der Waals surface area contributed by atoms with Crippen LogP contribution in [0.15, 0.2) is 24.3 Å². The number of carbonyl (C=O) groups is 1. The molecular weight excluding hydrogens is 300 g/mol. The van der Waals surface area contributed by atoms with Crippen LogP contribution in [0.4, 0.5) is 5.69 Å². The molecule has 0 bridgehead atoms. The van der Waals surface area contributed by atoms with Crippen LogP contribution in [0.5, 0.6) is 0 Å². The fraction of sp³-hybridized carbons (Fsp3) is 0.500. The fourth-order valence-corrected chi connectivity index (χ4v) is 2.72. The molecule has 1 fully saturated rings. The number of thiocarbonyl (C=S) groups is 1. The van der Waals surface area contributed by atoms with Gasteiger partial charge in [0.25, 0.3) is 0 Å². The summed E-state index contributed by atoms with van der Waals surface area (Å²) in [5.74, 6) is -0.313. The normalized spacial score (nSPS) is 21.3. The van der Waals surface area contributed by atoms with Crippen molar-refractivity contribution in [2.45, 2.75) is 33.0 Å². The third-order valence-corrected chi connectivity index (χ3v) is 3.71. The Labute approximate surface area is 136 Å². The predicted octanol–water partition coefficient (Wildman–Crippen LogP) is 2.67. The molecule has 2 atom stereocenters. The van der Waals surface area contributed by atoms with Gasteiger partial charge < -0.3 is 19.7 Å². The van der Waals surface area contributed by atoms with Crippen molar-refractivity contribution < 1.29 is 14.3 Å². The van der Waals surface area contributed by atoms with Gasteiger partial charge in [-0.15, -0.1) is 0 Å². The number of benzene rings is 1. The number of ether oxygens (including phenoxy) is 2. The Balaban J connectivity index is 1.95. The van der Waals surface area contributed by atoms with Crippen molar-refractivity contribution in [1.29, 1.82) is 0 Å². The Morgan fingerprint density at radius 2 is 1.91 bits per heavy atom. The van der Waals surface area contributed by atoms with Crippen LogP contribution in [0.1, 0.15) is 31.1 Å². The van der Waals surface area contributed by atoms with Gasteiger partial charge in [-0.2, -0.15) is 0 Å². The van der Waals surface area contributed by atoms with E-state index in [9.17, 15) is 4.79 Å². The van der Waals surface area contributed by atoms with Crippen molar-refractivity contribution >= 4 is 29.0 Å². The first-order chi connectivity index (χ1) is 10.5. The van der Waals surface area contributed by atoms with Crippen molar-refractivity contribution in [3.63, 3.8) is 0 Å². The lowest BCUT2D eigenvalue weighted by Crippen LogP contribution is -2.49. The number of anilines is 1. The topological polar surface area (TPSA) is 50.8 Å². The van der Waals surface area contributed by atoms with E-state index >= 15 is 0 Å². The number of morpholine rings is 1. The molecule has 1 saturated heterocycles. The van der Waals surface area contributed by atoms with E-state index in [1.807, 2.05) is 26.0 Å². The Kier molecular flexibility index (Phi) is 5.74. The number of rotatable bonds is 3. The largest absolute Gasteiger partial charge is 0.462 e. The molecule has 0 spiro atoms. The van der Waals surface area contributed by atoms with Gasteiger partial charge in [0.05, 0.1) is 24.4 Å². The average molecular weight is 322 g/mol. The molecule has 1 aliphatic rings. The lowest BCUT2D eigenvalue weighted by molar-refractivity contribution is -0.0473. The molecule has 1 N–H and O–H groups in total. The summed E-state index contributed by atoms with van der Waals surface area (Å²) in [5.41, 5.74) is 1.39. The van der Waals surface area contributed by atoms with Crippen LogP contribution in [0.25, 0.3) is 0 Å². The zero-order valence-electron chi connectivity index (χ0n) is 13.2. The van der Waals surface area contributed by atoms with E-state index in [-0.39, 0.29) is 18.2 Å². The van der Waals surface area contributed by atoms with Crippen molar-refractivity contribution in [2.24, 2.45) is 0 Å². The molecule has 2 rings (SSSR count). The number of nitrogens with zero attached hydrogens (tertiary/aromatic N) is 1. The Bertz CT molecular complexity index is 523. The van der Waals surface area contributed by atoms with E-state index in [1.54, 1.807) is 19.1 Å². The maximum absolute atomic E-state index is 11.6. The van der Waals surface area contributed by atoms with Crippen molar-refractivity contribution in [1.82, 2.24) is 4.90 Å². The van der Waals surface area contributed by atoms with Crippen molar-refractivity contribution in [3.8, 4) is 0 Å². The second kappa shape index (κ2) is 7.56. The summed E-state index contributed by atoms with van der Waals surface area (Å²) in [6.45, 7) is 7.79. The standard InChI is InChI=1S/C16H22N2O3S/c1-4-20-15(19)13-5-7-14(8-6-13)17-16(22)18-9-11(2)21-12(3)10-18/h5-8,11-12H,4,9-10H2,1-3H3,(H,17,22)/t11-,12-/m0/s1. The van der Waals surface area contributed by atoms with Crippen LogP contribution in [-0.4, -0.2) is 47.9 Å². The van der Waals surface area contributed by atoms with E-state index in [0.29, 0.717) is 17.3 Å². The zero-order valence-corrected chi connectivity index (χ0v) is 14.0. The molecule has 6 heteroatoms. The van der Waals surface area contributed by atoms with Gasteiger partial charge >= 0.3 is 5.97 Å². The maximum atomic E-state index is 11.6. The number of nitrogens with one attached hydrogen (secondary N) is 1. The highest BCUT2D eigenvalue weighted by molar-refractivity contribution is 7.80. The summed E-state index contributed by atoms with van der Waals surface area (Å²) in [7, 11) is 0. The molecule has 0 amide bonds. The summed E-state index contributed by atoms with van der Waals surface area (Å²) in [6.07, 6.45) is 0.324. The van der Waals surface area contributed by atoms with Crippen LogP contribution < -0.4 is 5.32 Å². The second-order valence-corrected chi connectivity index (χ2v) is 5.78. The van der Waals surface area contributed by atoms with Gasteiger partial charge in [-0.3, -0.25) is 0 Å². The molecule has 0 unspecified atom stereocenters. The summed E-state index contributed by atoms with van der Waals surface area (Å²) in [6, 6.07) is 7.11. The molecular formula is C16H22N2O3S. The first kappa shape index (κ1) is 16.7. The lowest BCUT2D eigenvalue weighted by atomic mass is 10.2. The number of esters is 1. The van der Waals surface area contributed by atoms with Crippen LogP contribution in [0.2, 0.25) is 0 Å². The molecule has 5 nitrogen and oxygen atoms in total. The summed E-state index contributed by atoms with van der Waals surface area (Å²) in [5, 5.41) is 3.87. The van der Waals surface area contributed by atoms with E-state index < -0.39 is 0 Å². The molecule has 1 heterocycles. The van der Waals surface area contributed by atoms with Gasteiger partial charge in [0.1, 0.15) is 0 Å². The number of hydrogen-bond acceptors (Lipinski definition) is 4. The third kappa shape index (κ3) is 4.42. The highest BCUT2D eigenvalue weighted by Crippen LogP contribution is 2.15. The highest BCUT2D eigenvalue weighted by Gasteiger charge is 2.23. The van der Waals surface area contributed by atoms with E-state index in [2.05, 4.69) is 10.2 Å². The molecule has 120 valence electrons. The monoisotopic (exact) mass is 322 g/mol. The summed E-state index contributed by atoms with van der Waals surface area (Å²) >= 11 is 5.46. The van der Waals surface area contributed by atoms with Gasteiger partial charge in [0.15, 0.2) is 5.11 Å². The Morgan fingerprint density at radius 1 is 1.32 bits per heavy atom. The van der Waals surface area contributed by atoms with Crippen molar-refractivity contribution in [3.05, 3.63) is 29.8 Å². The second-order valence-electron chi connectivity index (χ2n) is 5.39. The fourth-order valence-electron chi connectivity index (χ4n) is 2.45. The van der Waals surface area contributed by atoms with Gasteiger partial charge in [0.2, 0.25) is 0 Å². The molecule has 0 aliphatic carbocycles. The summed E-state index contributed by atoms with van der Waals surface area (Å²) < 4.78 is 10.7. The van der Waals surface area contributed by atoms with Crippen molar-refractivity contribution in [2.75, 3.05) is 25.0 Å². The third-order valence-electron chi connectivity index (χ3n) is 3.35. The van der Waals surface area contributed by atoms with Crippen LogP contribution >= 0.6 is 12.2 Å². The zero-order chi connectivity index (χ0) is 16.1. The predicted molar refractivity (Wildman–Crippen MR) is 90.2 cm³/mol. The number of carbonyl (C=O) groups excluding carboxylic acids is 1. The SMILES string of the molecule is CCOC(=O)c1ccc(NC(=S)N2C[C@H](C)O[C@@H](C)C2)cc1. The average Bonchev–Trinajstić information content (AvgIpc) is 2.47. The quantitative estimate of drug-likeness (QED) is 0.682. The van der Waals surface area contributed by atoms with Gasteiger partial charge in [-0.25, -0.2) is 4.79 Å². The van der Waals surface area contributed by atoms with Gasteiger partial charge in [0, 0.05) is 18.8 Å². The van der Waals surface area contributed by atoms with E-state index in [4.69, 9.17) is 21.7 Å². The van der Waals surface area contributed by atoms with Crippen LogP contribution in [0, 0.1) is 0 Å². The molecule has 0 saturated carbocycles. The van der Waals surface area contributed by atoms with E-state index in [0.717, 1.165) is 18.8 Å². The van der Waals surface area contributed by atoms with Crippen LogP contribution in [0.3, 0.4) is 0 Å². The van der Waals surface area contributed by atoms with Gasteiger partial charge in [-0.05, 0) is 57.3 Å². The first-order valence-corrected chi connectivity index (χ1v) is 7.89. The molecule has 1 aromatic rings. The lowest BCUT2D eigenvalue weighted by Gasteiger charge is -2.36. The Morgan fingerprint density at radius 3 is 2.45 bits per heavy atom. The minimum absolute atomic E-state index is 0.162. The molecule has 1 aromatic carbocycles. The molecule has 0 radical (unpaired) electrons. The maximum Gasteiger partial charge on any atom is 0.338 e. The van der Waals surface area contributed by atoms with E-state index in [1.165, 1.54) is 0 Å². The highest BCUT2D eigenvalue weighted by atomic mass is 32.1. The molecule has 0 aromatic heterocycles. The number of hydrogen-bond donors (Lipinski definition) is 1. The minimum atomic E-state index is -0.313. The first-order valence-electron chi connectivity index (χ1n) is 7.48. The molecule has 1 aliphatic heterocycles. The van der Waals surface area contributed by atoms with Gasteiger partial charge in [-0.1, -0.05) is 0 Å². The summed E-state index contributed by atoms with van der Waals surface area (Å²) in [4.78, 5) is 13.7. The smallest absolute Gasteiger partial charge is 0.338 e. The molecule has 22 heavy (non-hydrogen) atoms. The Hall–Kier alpha value is -1.66. The minimum Gasteiger partial charge on any atom is -0.462 e. The van der Waals surface area contributed by atoms with Crippen LogP contribution in [-0.2, 0) is 9.47 Å².